The Balaban J connectivity index is -0.000000572. The summed E-state index contributed by atoms with van der Waals surface area (Å²) in [5.74, 6) is -7.36. The van der Waals surface area contributed by atoms with E-state index in [1.807, 2.05) is 18.2 Å². The number of nitrogens with zero attached hydrogens (tertiary/aromatic N) is 2. The van der Waals surface area contributed by atoms with Gasteiger partial charge in [0.1, 0.15) is 0 Å². The average Bonchev–Trinajstić information content (AvgIpc) is 2.96. The van der Waals surface area contributed by atoms with Crippen molar-refractivity contribution in [1.82, 2.24) is 9.97 Å². The number of rotatable bonds is 2. The van der Waals surface area contributed by atoms with Gasteiger partial charge >= 0.3 is 118 Å². The summed E-state index contributed by atoms with van der Waals surface area (Å²) in [6.45, 7) is 4.34. The number of alkyl halides is 12. The summed E-state index contributed by atoms with van der Waals surface area (Å²) in [6, 6.07) is 22.5. The van der Waals surface area contributed by atoms with Crippen LogP contribution in [-0.4, -0.2) is 50.6 Å². The summed E-state index contributed by atoms with van der Waals surface area (Å²) in [7, 11) is 0. The van der Waals surface area contributed by atoms with Gasteiger partial charge < -0.3 is 14.9 Å². The maximum Gasteiger partial charge on any atom is 0.459 e. The van der Waals surface area contributed by atoms with Crippen molar-refractivity contribution in [3.63, 3.8) is 0 Å². The van der Waals surface area contributed by atoms with Crippen LogP contribution in [0, 0.1) is 56.5 Å². The molecule has 0 saturated heterocycles. The fraction of sp³-hybridized carbons (Fsp3) is 0.233. The Morgan fingerprint density at radius 3 is 1.18 bits per heavy atom. The van der Waals surface area contributed by atoms with E-state index < -0.39 is 54.2 Å². The van der Waals surface area contributed by atoms with E-state index in [4.69, 9.17) is 3.91 Å². The van der Waals surface area contributed by atoms with Gasteiger partial charge in [-0.05, 0) is 12.1 Å². The van der Waals surface area contributed by atoms with Crippen molar-refractivity contribution in [2.45, 2.75) is 44.0 Å². The number of hydrogen-bond donors (Lipinski definition) is 1. The van der Waals surface area contributed by atoms with Gasteiger partial charge in [0.05, 0.1) is 11.0 Å². The minimum Gasteiger partial charge on any atom is -0.358 e. The predicted molar refractivity (Wildman–Crippen MR) is 152 cm³/mol. The summed E-state index contributed by atoms with van der Waals surface area (Å²) in [6.07, 6.45) is -19.7. The molecule has 1 N–H and O–H groups in total. The molecule has 2 heterocycles. The molecule has 2 aromatic heterocycles. The van der Waals surface area contributed by atoms with E-state index in [-0.39, 0.29) is 58.0 Å². The molecule has 272 valence electrons. The first-order valence-corrected chi connectivity index (χ1v) is 14.3. The third-order valence-electron chi connectivity index (χ3n) is 5.25. The van der Waals surface area contributed by atoms with Gasteiger partial charge in [0, 0.05) is 60.9 Å². The molecule has 0 fully saturated rings. The van der Waals surface area contributed by atoms with Crippen molar-refractivity contribution in [3.05, 3.63) is 99.5 Å². The van der Waals surface area contributed by atoms with E-state index in [1.54, 1.807) is 12.4 Å². The van der Waals surface area contributed by atoms with E-state index in [0.717, 1.165) is 21.8 Å². The maximum absolute atomic E-state index is 10.9. The number of hydrogen-bond acceptors (Lipinski definition) is 5. The molecule has 0 unspecified atom stereocenters. The molecule has 0 bridgehead atoms. The molecule has 4 aromatic rings. The first kappa shape index (κ1) is 50.8. The van der Waals surface area contributed by atoms with Gasteiger partial charge in [-0.15, -0.1) is 0 Å². The van der Waals surface area contributed by atoms with Crippen LogP contribution < -0.4 is 0 Å². The van der Waals surface area contributed by atoms with E-state index in [1.165, 1.54) is 5.56 Å². The third-order valence-corrected chi connectivity index (χ3v) is 6.98. The number of fused-ring (bicyclic) bond motifs is 3. The van der Waals surface area contributed by atoms with Crippen LogP contribution in [0.4, 0.5) is 52.7 Å². The number of carbonyl (C=O) groups excluding carboxylic acids is 2. The molecule has 4 rings (SSSR count). The van der Waals surface area contributed by atoms with Crippen molar-refractivity contribution in [1.29, 1.82) is 3.91 Å². The Kier molecular flexibility index (Phi) is 21.7. The molecule has 0 aliphatic heterocycles. The predicted octanol–water partition coefficient (Wildman–Crippen LogP) is 9.66. The summed E-state index contributed by atoms with van der Waals surface area (Å²) in [4.78, 5) is 27.2. The van der Waals surface area contributed by atoms with Crippen molar-refractivity contribution in [2.75, 3.05) is 0 Å². The van der Waals surface area contributed by atoms with Crippen LogP contribution in [0.5, 0.6) is 0 Å². The minimum absolute atomic E-state index is 0. The van der Waals surface area contributed by atoms with Crippen molar-refractivity contribution < 1.29 is 118 Å². The second-order valence-corrected chi connectivity index (χ2v) is 10.3. The van der Waals surface area contributed by atoms with Crippen molar-refractivity contribution in [2.24, 2.45) is 0 Å². The first-order valence-electron chi connectivity index (χ1n) is 12.1. The topological polar surface area (TPSA) is 83.8 Å². The zero-order chi connectivity index (χ0) is 35.6. The monoisotopic (exact) mass is 827 g/mol. The number of ketones is 2. The minimum atomic E-state index is -5.82. The quantitative estimate of drug-likeness (QED) is 0.0945. The van der Waals surface area contributed by atoms with Gasteiger partial charge in [-0.25, -0.2) is 0 Å². The molecule has 0 spiro atoms. The Morgan fingerprint density at radius 2 is 0.918 bits per heavy atom. The molecule has 0 atom stereocenters. The Hall–Kier alpha value is -2.62. The molecular formula is C30H27ArF12MoN3O2. The van der Waals surface area contributed by atoms with Gasteiger partial charge in [0.25, 0.3) is 0 Å². The maximum atomic E-state index is 10.9. The van der Waals surface area contributed by atoms with Gasteiger partial charge in [-0.3, -0.25) is 19.6 Å². The number of aromatic nitrogens is 2. The summed E-state index contributed by atoms with van der Waals surface area (Å²) in [5.41, 5.74) is 3.35. The standard InChI is InChI=1S/C12H8N2.C10H12.2C3F6O.2CH3.Ar.Mo.HN/c1-3-9-5-6-10-4-2-8-14-12(10)11(9)13-7-1;1-10(2,3)9-7-5-4-6-8-9;2*4-2(5,6)1(10)3(7,8)9;;;;;/h1-8H;1,4-8H,2-3H3;;;2*1H3;;;1H/q;;;;2*-1;;+2;. The molecule has 49 heavy (non-hydrogen) atoms. The van der Waals surface area contributed by atoms with Gasteiger partial charge in [0.2, 0.25) is 0 Å². The van der Waals surface area contributed by atoms with E-state index >= 15 is 0 Å². The van der Waals surface area contributed by atoms with Crippen LogP contribution in [0.1, 0.15) is 19.4 Å². The SMILES string of the molecule is CC(C)([CH]=[Mo+2]=[NH])c1ccccc1.O=C(C(F)(F)F)C(F)(F)F.O=C(C(F)(F)F)C(F)(F)F.[Ar].[CH3-].[CH3-].c1cnc2c(c1)ccc1cccnc12. The molecule has 0 radical (unpaired) electrons. The van der Waals surface area contributed by atoms with Crippen molar-refractivity contribution in [3.8, 4) is 0 Å². The fourth-order valence-corrected chi connectivity index (χ4v) is 4.14. The number of nitrogens with one attached hydrogen (secondary N) is 1. The van der Waals surface area contributed by atoms with Crippen LogP contribution in [0.15, 0.2) is 79.1 Å². The Bertz CT molecular complexity index is 1550. The van der Waals surface area contributed by atoms with Crippen molar-refractivity contribution >= 4 is 37.8 Å². The van der Waals surface area contributed by atoms with E-state index in [2.05, 4.69) is 76.7 Å². The zero-order valence-corrected chi connectivity index (χ0v) is 28.3. The fourth-order valence-electron chi connectivity index (χ4n) is 3.08. The van der Waals surface area contributed by atoms with Gasteiger partial charge in [-0.2, -0.15) is 52.7 Å². The number of Topliss-reactive ketones (excluding diaryl/α,β-unsaturated/α-hetero) is 2. The number of halogens is 12. The summed E-state index contributed by atoms with van der Waals surface area (Å²) in [5, 5.41) is 2.28. The van der Waals surface area contributed by atoms with E-state index in [9.17, 15) is 62.3 Å². The smallest absolute Gasteiger partial charge is 0.358 e. The molecule has 0 amide bonds. The van der Waals surface area contributed by atoms with Gasteiger partial charge in [-0.1, -0.05) is 24.3 Å². The molecular weight excluding hydrogens is 798 g/mol. The zero-order valence-electron chi connectivity index (χ0n) is 25.6. The molecule has 0 saturated carbocycles. The van der Waals surface area contributed by atoms with E-state index in [0.29, 0.717) is 0 Å². The Labute approximate surface area is 311 Å². The van der Waals surface area contributed by atoms with Crippen LogP contribution >= 0.6 is 0 Å². The number of benzene rings is 2. The van der Waals surface area contributed by atoms with Crippen LogP contribution in [-0.2, 0) is 32.9 Å². The molecule has 5 nitrogen and oxygen atoms in total. The first-order chi connectivity index (χ1) is 20.9. The summed E-state index contributed by atoms with van der Waals surface area (Å²) >= 11 is -0.639. The van der Waals surface area contributed by atoms with Crippen LogP contribution in [0.25, 0.3) is 21.8 Å². The van der Waals surface area contributed by atoms with Crippen LogP contribution in [0.3, 0.4) is 0 Å². The Morgan fingerprint density at radius 1 is 0.592 bits per heavy atom. The third kappa shape index (κ3) is 17.2. The average molecular weight is 825 g/mol. The number of pyridine rings is 2. The number of carbonyl (C=O) groups is 2. The molecule has 2 aromatic carbocycles. The van der Waals surface area contributed by atoms with Crippen LogP contribution in [0.2, 0.25) is 0 Å². The summed E-state index contributed by atoms with van der Waals surface area (Å²) < 4.78 is 140. The normalized spacial score (nSPS) is 11.1. The second-order valence-electron chi connectivity index (χ2n) is 9.19. The largest absolute Gasteiger partial charge is 0.459 e. The molecule has 19 heteroatoms. The second kappa shape index (κ2) is 20.9. The van der Waals surface area contributed by atoms with Gasteiger partial charge in [0.15, 0.2) is 0 Å². The molecule has 0 aliphatic carbocycles. The molecule has 0 aliphatic rings.